The second-order valence-corrected chi connectivity index (χ2v) is 9.96. The number of hydrogen-bond acceptors (Lipinski definition) is 5. The van der Waals surface area contributed by atoms with Crippen molar-refractivity contribution in [3.63, 3.8) is 0 Å². The minimum absolute atomic E-state index is 0.0769. The third kappa shape index (κ3) is 8.69. The van der Waals surface area contributed by atoms with E-state index in [2.05, 4.69) is 4.72 Å². The lowest BCUT2D eigenvalue weighted by Gasteiger charge is -2.29. The van der Waals surface area contributed by atoms with Crippen LogP contribution in [0, 0.1) is 11.8 Å². The van der Waals surface area contributed by atoms with E-state index in [0.717, 1.165) is 69.3 Å². The first-order chi connectivity index (χ1) is 14.7. The summed E-state index contributed by atoms with van der Waals surface area (Å²) in [6, 6.07) is 3.53. The van der Waals surface area contributed by atoms with E-state index in [-0.39, 0.29) is 30.6 Å². The molecular formula is C21H33F3N2O4S. The molecule has 0 aromatic heterocycles. The maximum atomic E-state index is 12.6. The quantitative estimate of drug-likeness (QED) is 0.441. The number of nitrogens with zero attached hydrogens (tertiary/aromatic N) is 1. The Balaban J connectivity index is 1.72. The van der Waals surface area contributed by atoms with Crippen LogP contribution in [0.3, 0.4) is 0 Å². The van der Waals surface area contributed by atoms with Crippen molar-refractivity contribution in [3.05, 3.63) is 29.8 Å². The summed E-state index contributed by atoms with van der Waals surface area (Å²) in [7, 11) is -3.83. The van der Waals surface area contributed by atoms with Crippen LogP contribution < -0.4 is 4.72 Å². The highest BCUT2D eigenvalue weighted by atomic mass is 32.2. The maximum Gasteiger partial charge on any atom is 0.416 e. The molecule has 0 saturated heterocycles. The zero-order valence-electron chi connectivity index (χ0n) is 17.6. The molecule has 0 heterocycles. The molecule has 31 heavy (non-hydrogen) atoms. The Bertz CT molecular complexity index is 743. The molecule has 6 nitrogen and oxygen atoms in total. The summed E-state index contributed by atoms with van der Waals surface area (Å²) in [5.74, 6) is 0.814. The van der Waals surface area contributed by atoms with Crippen molar-refractivity contribution in [2.75, 3.05) is 39.4 Å². The predicted octanol–water partition coefficient (Wildman–Crippen LogP) is 2.86. The molecule has 1 aromatic carbocycles. The molecule has 1 aliphatic rings. The van der Waals surface area contributed by atoms with Crippen LogP contribution in [0.15, 0.2) is 29.2 Å². The number of alkyl halides is 3. The van der Waals surface area contributed by atoms with Crippen LogP contribution >= 0.6 is 0 Å². The number of aliphatic hydroxyl groups is 2. The van der Waals surface area contributed by atoms with E-state index in [1.807, 2.05) is 4.90 Å². The van der Waals surface area contributed by atoms with E-state index in [9.17, 15) is 21.6 Å². The Morgan fingerprint density at radius 1 is 0.935 bits per heavy atom. The van der Waals surface area contributed by atoms with Gasteiger partial charge in [-0.1, -0.05) is 12.8 Å². The first-order valence-corrected chi connectivity index (χ1v) is 12.2. The standard InChI is InChI=1S/C21H33F3N2O4S/c22-21(23,24)19-7-9-20(10-8-19)31(29,30)25-16-18-5-3-17(4-6-18)2-1-11-26(12-14-27)13-15-28/h7-10,17-18,25,27-28H,1-6,11-16H2. The van der Waals surface area contributed by atoms with E-state index in [0.29, 0.717) is 19.0 Å². The van der Waals surface area contributed by atoms with Crippen LogP contribution in [0.1, 0.15) is 44.1 Å². The van der Waals surface area contributed by atoms with E-state index in [1.54, 1.807) is 0 Å². The molecule has 0 spiro atoms. The zero-order chi connectivity index (χ0) is 22.9. The predicted molar refractivity (Wildman–Crippen MR) is 112 cm³/mol. The molecule has 1 aromatic rings. The number of halogens is 3. The lowest BCUT2D eigenvalue weighted by Crippen LogP contribution is -2.32. The van der Waals surface area contributed by atoms with Gasteiger partial charge < -0.3 is 10.2 Å². The first-order valence-electron chi connectivity index (χ1n) is 10.8. The molecule has 1 aliphatic carbocycles. The molecule has 1 saturated carbocycles. The molecule has 0 bridgehead atoms. The number of hydrogen-bond donors (Lipinski definition) is 3. The van der Waals surface area contributed by atoms with E-state index in [4.69, 9.17) is 10.2 Å². The van der Waals surface area contributed by atoms with Gasteiger partial charge in [-0.25, -0.2) is 13.1 Å². The van der Waals surface area contributed by atoms with Crippen molar-refractivity contribution >= 4 is 10.0 Å². The first kappa shape index (κ1) is 26.1. The highest BCUT2D eigenvalue weighted by Crippen LogP contribution is 2.32. The lowest BCUT2D eigenvalue weighted by molar-refractivity contribution is -0.137. The van der Waals surface area contributed by atoms with Crippen molar-refractivity contribution in [2.45, 2.75) is 49.6 Å². The van der Waals surface area contributed by atoms with Crippen LogP contribution in [0.4, 0.5) is 13.2 Å². The monoisotopic (exact) mass is 466 g/mol. The topological polar surface area (TPSA) is 89.9 Å². The molecule has 10 heteroatoms. The molecule has 178 valence electrons. The Morgan fingerprint density at radius 2 is 1.48 bits per heavy atom. The van der Waals surface area contributed by atoms with Crippen LogP contribution in [0.25, 0.3) is 0 Å². The van der Waals surface area contributed by atoms with Gasteiger partial charge in [0.05, 0.1) is 23.7 Å². The molecule has 1 fully saturated rings. The molecule has 0 atom stereocenters. The lowest BCUT2D eigenvalue weighted by atomic mass is 9.80. The fourth-order valence-corrected chi connectivity index (χ4v) is 5.20. The smallest absolute Gasteiger partial charge is 0.395 e. The molecule has 3 N–H and O–H groups in total. The Morgan fingerprint density at radius 3 is 2.00 bits per heavy atom. The SMILES string of the molecule is O=S(=O)(NCC1CCC(CCCN(CCO)CCO)CC1)c1ccc(C(F)(F)F)cc1. The number of benzene rings is 1. The summed E-state index contributed by atoms with van der Waals surface area (Å²) < 4.78 is 65.2. The summed E-state index contributed by atoms with van der Waals surface area (Å²) in [5, 5.41) is 18.1. The average Bonchev–Trinajstić information content (AvgIpc) is 2.73. The van der Waals surface area contributed by atoms with E-state index in [1.165, 1.54) is 0 Å². The van der Waals surface area contributed by atoms with Crippen LogP contribution in [0.5, 0.6) is 0 Å². The van der Waals surface area contributed by atoms with Gasteiger partial charge in [0, 0.05) is 19.6 Å². The largest absolute Gasteiger partial charge is 0.416 e. The normalized spacial score (nSPS) is 20.3. The second kappa shape index (κ2) is 12.2. The summed E-state index contributed by atoms with van der Waals surface area (Å²) >= 11 is 0. The second-order valence-electron chi connectivity index (χ2n) is 8.19. The van der Waals surface area contributed by atoms with Gasteiger partial charge in [0.1, 0.15) is 0 Å². The third-order valence-corrected chi connectivity index (χ3v) is 7.38. The van der Waals surface area contributed by atoms with Crippen molar-refractivity contribution in [1.82, 2.24) is 9.62 Å². The summed E-state index contributed by atoms with van der Waals surface area (Å²) in [6.07, 6.45) is 1.44. The van der Waals surface area contributed by atoms with Crippen LogP contribution in [0.2, 0.25) is 0 Å². The number of aliphatic hydroxyl groups excluding tert-OH is 2. The van der Waals surface area contributed by atoms with Gasteiger partial charge in [-0.2, -0.15) is 13.2 Å². The van der Waals surface area contributed by atoms with Gasteiger partial charge in [-0.15, -0.1) is 0 Å². The van der Waals surface area contributed by atoms with Crippen LogP contribution in [-0.2, 0) is 16.2 Å². The fourth-order valence-electron chi connectivity index (χ4n) is 4.08. The van der Waals surface area contributed by atoms with Gasteiger partial charge in [0.15, 0.2) is 0 Å². The average molecular weight is 467 g/mol. The van der Waals surface area contributed by atoms with Crippen molar-refractivity contribution in [2.24, 2.45) is 11.8 Å². The zero-order valence-corrected chi connectivity index (χ0v) is 18.5. The van der Waals surface area contributed by atoms with Gasteiger partial charge in [0.2, 0.25) is 10.0 Å². The third-order valence-electron chi connectivity index (χ3n) is 5.94. The minimum Gasteiger partial charge on any atom is -0.395 e. The summed E-state index contributed by atoms with van der Waals surface area (Å²) in [4.78, 5) is 1.88. The maximum absolute atomic E-state index is 12.6. The van der Waals surface area contributed by atoms with Gasteiger partial charge in [0.25, 0.3) is 0 Å². The van der Waals surface area contributed by atoms with E-state index >= 15 is 0 Å². The Kier molecular flexibility index (Phi) is 10.2. The molecule has 0 unspecified atom stereocenters. The molecular weight excluding hydrogens is 433 g/mol. The van der Waals surface area contributed by atoms with Gasteiger partial charge in [-0.3, -0.25) is 4.90 Å². The molecule has 2 rings (SSSR count). The molecule has 0 aliphatic heterocycles. The Labute approximate surface area is 182 Å². The number of rotatable bonds is 12. The minimum atomic E-state index is -4.50. The van der Waals surface area contributed by atoms with Crippen molar-refractivity contribution in [3.8, 4) is 0 Å². The molecule has 0 amide bonds. The number of nitrogens with one attached hydrogen (secondary N) is 1. The molecule has 0 radical (unpaired) electrons. The van der Waals surface area contributed by atoms with E-state index < -0.39 is 21.8 Å². The van der Waals surface area contributed by atoms with Crippen molar-refractivity contribution in [1.29, 1.82) is 0 Å². The highest BCUT2D eigenvalue weighted by Gasteiger charge is 2.31. The van der Waals surface area contributed by atoms with Gasteiger partial charge >= 0.3 is 6.18 Å². The summed E-state index contributed by atoms with van der Waals surface area (Å²) in [6.45, 7) is 2.41. The Hall–Kier alpha value is -1.20. The highest BCUT2D eigenvalue weighted by molar-refractivity contribution is 7.89. The van der Waals surface area contributed by atoms with Crippen LogP contribution in [-0.4, -0.2) is 62.9 Å². The number of sulfonamides is 1. The summed E-state index contributed by atoms with van der Waals surface area (Å²) in [5.41, 5.74) is -0.874. The van der Waals surface area contributed by atoms with Gasteiger partial charge in [-0.05, 0) is 68.3 Å². The fraction of sp³-hybridized carbons (Fsp3) is 0.714. The van der Waals surface area contributed by atoms with Crippen molar-refractivity contribution < 1.29 is 31.8 Å².